The minimum atomic E-state index is 0.306. The smallest absolute Gasteiger partial charge is 0.163 e. The number of benzene rings is 1. The molecule has 0 aliphatic heterocycles. The van der Waals surface area contributed by atoms with E-state index in [0.717, 1.165) is 29.5 Å². The summed E-state index contributed by atoms with van der Waals surface area (Å²) in [5, 5.41) is 0. The molecule has 0 aromatic heterocycles. The van der Waals surface area contributed by atoms with E-state index in [0.29, 0.717) is 18.1 Å². The second kappa shape index (κ2) is 6.00. The Kier molecular flexibility index (Phi) is 4.92. The second-order valence-corrected chi connectivity index (χ2v) is 5.48. The Bertz CT molecular complexity index is 379. The predicted octanol–water partition coefficient (Wildman–Crippen LogP) is 4.62. The van der Waals surface area contributed by atoms with Gasteiger partial charge in [-0.15, -0.1) is 0 Å². The number of carbonyl (C=O) groups is 1. The molecule has 0 aliphatic carbocycles. The van der Waals surface area contributed by atoms with Crippen molar-refractivity contribution < 1.29 is 4.79 Å². The summed E-state index contributed by atoms with van der Waals surface area (Å²) in [6, 6.07) is 4.20. The van der Waals surface area contributed by atoms with Crippen molar-refractivity contribution in [3.8, 4) is 0 Å². The topological polar surface area (TPSA) is 17.1 Å². The van der Waals surface area contributed by atoms with E-state index in [2.05, 4.69) is 32.9 Å². The molecule has 1 rings (SSSR count). The van der Waals surface area contributed by atoms with Gasteiger partial charge in [-0.2, -0.15) is 0 Å². The number of hydrogen-bond donors (Lipinski definition) is 0. The summed E-state index contributed by atoms with van der Waals surface area (Å²) in [5.41, 5.74) is 4.42. The number of Topliss-reactive ketones (excluding diaryl/α,β-unsaturated/α-hetero) is 1. The predicted molar refractivity (Wildman–Crippen MR) is 73.7 cm³/mol. The molecular weight excluding hydrogens is 208 g/mol. The van der Waals surface area contributed by atoms with Crippen molar-refractivity contribution in [3.63, 3.8) is 0 Å². The summed E-state index contributed by atoms with van der Waals surface area (Å²) in [6.45, 7) is 10.6. The SMILES string of the molecule is Cc1cc(C)c(C(=O)CCCC(C)C)c(C)c1. The van der Waals surface area contributed by atoms with E-state index in [1.165, 1.54) is 5.56 Å². The zero-order valence-electron chi connectivity index (χ0n) is 11.8. The molecule has 0 N–H and O–H groups in total. The van der Waals surface area contributed by atoms with Crippen LogP contribution in [-0.2, 0) is 0 Å². The Morgan fingerprint density at radius 1 is 1.12 bits per heavy atom. The minimum Gasteiger partial charge on any atom is -0.294 e. The first-order chi connectivity index (χ1) is 7.91. The molecule has 0 spiro atoms. The number of hydrogen-bond acceptors (Lipinski definition) is 1. The highest BCUT2D eigenvalue weighted by Gasteiger charge is 2.12. The van der Waals surface area contributed by atoms with Gasteiger partial charge in [0, 0.05) is 12.0 Å². The van der Waals surface area contributed by atoms with Crippen molar-refractivity contribution >= 4 is 5.78 Å². The number of aryl methyl sites for hydroxylation is 3. The third kappa shape index (κ3) is 3.99. The van der Waals surface area contributed by atoms with Gasteiger partial charge in [-0.3, -0.25) is 4.79 Å². The first kappa shape index (κ1) is 14.0. The molecule has 0 radical (unpaired) electrons. The maximum Gasteiger partial charge on any atom is 0.163 e. The highest BCUT2D eigenvalue weighted by Crippen LogP contribution is 2.19. The Labute approximate surface area is 105 Å². The van der Waals surface area contributed by atoms with Crippen LogP contribution in [-0.4, -0.2) is 5.78 Å². The van der Waals surface area contributed by atoms with Gasteiger partial charge >= 0.3 is 0 Å². The standard InChI is InChI=1S/C16H24O/c1-11(2)7-6-8-15(17)16-13(4)9-12(3)10-14(16)5/h9-11H,6-8H2,1-5H3. The van der Waals surface area contributed by atoms with Gasteiger partial charge in [0.05, 0.1) is 0 Å². The molecule has 0 aliphatic rings. The van der Waals surface area contributed by atoms with E-state index in [9.17, 15) is 4.79 Å². The minimum absolute atomic E-state index is 0.306. The van der Waals surface area contributed by atoms with Crippen molar-refractivity contribution in [2.24, 2.45) is 5.92 Å². The highest BCUT2D eigenvalue weighted by atomic mass is 16.1. The van der Waals surface area contributed by atoms with E-state index in [1.54, 1.807) is 0 Å². The summed E-state index contributed by atoms with van der Waals surface area (Å²) in [7, 11) is 0. The van der Waals surface area contributed by atoms with Crippen LogP contribution in [0, 0.1) is 26.7 Å². The molecule has 0 heterocycles. The largest absolute Gasteiger partial charge is 0.294 e. The summed E-state index contributed by atoms with van der Waals surface area (Å²) in [5.74, 6) is 0.990. The van der Waals surface area contributed by atoms with Crippen LogP contribution in [0.5, 0.6) is 0 Å². The molecule has 0 bridgehead atoms. The fourth-order valence-corrected chi connectivity index (χ4v) is 2.42. The van der Waals surface area contributed by atoms with Crippen LogP contribution < -0.4 is 0 Å². The van der Waals surface area contributed by atoms with E-state index in [-0.39, 0.29) is 0 Å². The number of carbonyl (C=O) groups excluding carboxylic acids is 1. The van der Waals surface area contributed by atoms with Gasteiger partial charge in [0.15, 0.2) is 5.78 Å². The van der Waals surface area contributed by atoms with Crippen LogP contribution in [0.4, 0.5) is 0 Å². The molecule has 17 heavy (non-hydrogen) atoms. The zero-order chi connectivity index (χ0) is 13.0. The summed E-state index contributed by atoms with van der Waals surface area (Å²) >= 11 is 0. The molecule has 0 fully saturated rings. The van der Waals surface area contributed by atoms with E-state index in [4.69, 9.17) is 0 Å². The van der Waals surface area contributed by atoms with Crippen LogP contribution >= 0.6 is 0 Å². The van der Waals surface area contributed by atoms with Crippen LogP contribution in [0.1, 0.15) is 60.2 Å². The molecule has 0 atom stereocenters. The summed E-state index contributed by atoms with van der Waals surface area (Å²) < 4.78 is 0. The Balaban J connectivity index is 2.76. The van der Waals surface area contributed by atoms with Crippen LogP contribution in [0.3, 0.4) is 0 Å². The van der Waals surface area contributed by atoms with Gasteiger partial charge in [0.1, 0.15) is 0 Å². The lowest BCUT2D eigenvalue weighted by molar-refractivity contribution is 0.0977. The van der Waals surface area contributed by atoms with Gasteiger partial charge in [0.25, 0.3) is 0 Å². The Morgan fingerprint density at radius 2 is 1.65 bits per heavy atom. The lowest BCUT2D eigenvalue weighted by Crippen LogP contribution is -2.05. The van der Waals surface area contributed by atoms with E-state index < -0.39 is 0 Å². The average molecular weight is 232 g/mol. The molecule has 1 aromatic carbocycles. The summed E-state index contributed by atoms with van der Waals surface area (Å²) in [4.78, 5) is 12.2. The second-order valence-electron chi connectivity index (χ2n) is 5.48. The van der Waals surface area contributed by atoms with Gasteiger partial charge in [-0.25, -0.2) is 0 Å². The number of rotatable bonds is 5. The van der Waals surface area contributed by atoms with E-state index >= 15 is 0 Å². The van der Waals surface area contributed by atoms with Crippen molar-refractivity contribution in [1.82, 2.24) is 0 Å². The van der Waals surface area contributed by atoms with Crippen LogP contribution in [0.25, 0.3) is 0 Å². The third-order valence-corrected chi connectivity index (χ3v) is 3.14. The maximum absolute atomic E-state index is 12.2. The number of ketones is 1. The van der Waals surface area contributed by atoms with Crippen molar-refractivity contribution in [1.29, 1.82) is 0 Å². The normalized spacial score (nSPS) is 10.9. The monoisotopic (exact) mass is 232 g/mol. The quantitative estimate of drug-likeness (QED) is 0.677. The fraction of sp³-hybridized carbons (Fsp3) is 0.562. The fourth-order valence-electron chi connectivity index (χ4n) is 2.42. The average Bonchev–Trinajstić information content (AvgIpc) is 2.14. The van der Waals surface area contributed by atoms with Crippen molar-refractivity contribution in [2.75, 3.05) is 0 Å². The molecule has 1 aromatic rings. The molecular formula is C16H24O. The first-order valence-corrected chi connectivity index (χ1v) is 6.53. The Morgan fingerprint density at radius 3 is 2.12 bits per heavy atom. The summed E-state index contributed by atoms with van der Waals surface area (Å²) in [6.07, 6.45) is 2.82. The molecule has 0 unspecified atom stereocenters. The van der Waals surface area contributed by atoms with Gasteiger partial charge in [-0.05, 0) is 44.2 Å². The van der Waals surface area contributed by atoms with Crippen LogP contribution in [0.2, 0.25) is 0 Å². The molecule has 1 nitrogen and oxygen atoms in total. The zero-order valence-corrected chi connectivity index (χ0v) is 11.8. The molecule has 0 saturated carbocycles. The van der Waals surface area contributed by atoms with Crippen molar-refractivity contribution in [3.05, 3.63) is 34.4 Å². The van der Waals surface area contributed by atoms with Gasteiger partial charge < -0.3 is 0 Å². The van der Waals surface area contributed by atoms with E-state index in [1.807, 2.05) is 13.8 Å². The van der Waals surface area contributed by atoms with Crippen molar-refractivity contribution in [2.45, 2.75) is 53.9 Å². The van der Waals surface area contributed by atoms with Crippen LogP contribution in [0.15, 0.2) is 12.1 Å². The molecule has 1 heteroatoms. The Hall–Kier alpha value is -1.11. The maximum atomic E-state index is 12.2. The lowest BCUT2D eigenvalue weighted by atomic mass is 9.93. The van der Waals surface area contributed by atoms with Gasteiger partial charge in [0.2, 0.25) is 0 Å². The lowest BCUT2D eigenvalue weighted by Gasteiger charge is -2.10. The highest BCUT2D eigenvalue weighted by molar-refractivity contribution is 5.98. The molecule has 0 amide bonds. The molecule has 0 saturated heterocycles. The molecule has 94 valence electrons. The van der Waals surface area contributed by atoms with Gasteiger partial charge in [-0.1, -0.05) is 38.0 Å². The first-order valence-electron chi connectivity index (χ1n) is 6.53. The third-order valence-electron chi connectivity index (χ3n) is 3.14.